The van der Waals surface area contributed by atoms with Crippen LogP contribution in [0.3, 0.4) is 0 Å². The zero-order chi connectivity index (χ0) is 29.1. The number of pyridine rings is 1. The van der Waals surface area contributed by atoms with Crippen LogP contribution in [-0.4, -0.2) is 88.2 Å². The highest BCUT2D eigenvalue weighted by Gasteiger charge is 2.35. The molecule has 2 aliphatic heterocycles. The van der Waals surface area contributed by atoms with Gasteiger partial charge >= 0.3 is 6.03 Å². The van der Waals surface area contributed by atoms with Crippen LogP contribution >= 0.6 is 0 Å². The highest BCUT2D eigenvalue weighted by molar-refractivity contribution is 5.97. The van der Waals surface area contributed by atoms with Crippen molar-refractivity contribution in [3.05, 3.63) is 41.6 Å². The van der Waals surface area contributed by atoms with Crippen molar-refractivity contribution in [2.75, 3.05) is 38.9 Å². The molecule has 0 saturated heterocycles. The quantitative estimate of drug-likeness (QED) is 0.472. The lowest BCUT2D eigenvalue weighted by molar-refractivity contribution is 0.0356. The monoisotopic (exact) mass is 564 g/mol. The molecule has 2 aromatic rings. The number of amides is 3. The minimum atomic E-state index is -1.02. The molecule has 1 aromatic carbocycles. The number of anilines is 1. The number of rotatable bonds is 5. The summed E-state index contributed by atoms with van der Waals surface area (Å²) < 4.78 is 17.0. The third-order valence-electron chi connectivity index (χ3n) is 7.82. The summed E-state index contributed by atoms with van der Waals surface area (Å²) in [6, 6.07) is 6.01. The largest absolute Gasteiger partial charge is 0.472 e. The summed E-state index contributed by atoms with van der Waals surface area (Å²) in [4.78, 5) is 34.2. The van der Waals surface area contributed by atoms with Crippen LogP contribution in [0.4, 0.5) is 10.5 Å². The molecule has 3 atom stereocenters. The van der Waals surface area contributed by atoms with Crippen molar-refractivity contribution in [3.63, 3.8) is 0 Å². The Kier molecular flexibility index (Phi) is 8.24. The highest BCUT2D eigenvalue weighted by atomic mass is 16.7. The van der Waals surface area contributed by atoms with Gasteiger partial charge in [0.15, 0.2) is 11.5 Å². The lowest BCUT2D eigenvalue weighted by atomic mass is 9.99. The van der Waals surface area contributed by atoms with Gasteiger partial charge in [0.05, 0.1) is 19.2 Å². The van der Waals surface area contributed by atoms with Crippen molar-refractivity contribution >= 4 is 17.6 Å². The first kappa shape index (κ1) is 28.5. The van der Waals surface area contributed by atoms with Crippen LogP contribution in [0.15, 0.2) is 30.5 Å². The topological polar surface area (TPSA) is 134 Å². The fourth-order valence-electron chi connectivity index (χ4n) is 5.21. The van der Waals surface area contributed by atoms with Crippen molar-refractivity contribution in [1.82, 2.24) is 14.8 Å². The Morgan fingerprint density at radius 1 is 1.27 bits per heavy atom. The number of nitrogens with one attached hydrogen (secondary N) is 1. The molecule has 0 radical (unpaired) electrons. The first-order valence-electron chi connectivity index (χ1n) is 13.9. The van der Waals surface area contributed by atoms with Crippen LogP contribution in [-0.2, 0) is 0 Å². The number of urea groups is 1. The van der Waals surface area contributed by atoms with Crippen LogP contribution in [0, 0.1) is 17.8 Å². The molecular weight excluding hydrogens is 528 g/mol. The summed E-state index contributed by atoms with van der Waals surface area (Å²) in [6.45, 7) is 4.16. The van der Waals surface area contributed by atoms with E-state index in [4.69, 9.17) is 14.2 Å². The summed E-state index contributed by atoms with van der Waals surface area (Å²) in [7, 11) is 1.66. The van der Waals surface area contributed by atoms with Gasteiger partial charge in [0.1, 0.15) is 17.3 Å². The average molecular weight is 565 g/mol. The van der Waals surface area contributed by atoms with Crippen LogP contribution in [0.5, 0.6) is 17.4 Å². The van der Waals surface area contributed by atoms with Crippen LogP contribution in [0.2, 0.25) is 0 Å². The molecule has 3 heterocycles. The maximum absolute atomic E-state index is 13.6. The second-order valence-electron chi connectivity index (χ2n) is 11.1. The third-order valence-corrected chi connectivity index (χ3v) is 7.82. The molecule has 1 fully saturated rings. The maximum atomic E-state index is 13.6. The number of aliphatic hydroxyl groups is 2. The van der Waals surface area contributed by atoms with Gasteiger partial charge in [0.2, 0.25) is 12.7 Å². The van der Waals surface area contributed by atoms with Crippen LogP contribution in [0.1, 0.15) is 55.5 Å². The van der Waals surface area contributed by atoms with Gasteiger partial charge in [-0.25, -0.2) is 9.78 Å². The van der Waals surface area contributed by atoms with Gasteiger partial charge in [0, 0.05) is 43.0 Å². The lowest BCUT2D eigenvalue weighted by Gasteiger charge is -2.37. The van der Waals surface area contributed by atoms with E-state index in [0.717, 1.165) is 12.8 Å². The number of nitrogens with zero attached hydrogens (tertiary/aromatic N) is 3. The Hall–Kier alpha value is -4.01. The number of aliphatic hydroxyl groups excluding tert-OH is 1. The molecule has 41 heavy (non-hydrogen) atoms. The van der Waals surface area contributed by atoms with E-state index >= 15 is 0 Å². The van der Waals surface area contributed by atoms with E-state index in [0.29, 0.717) is 42.1 Å². The predicted octanol–water partition coefficient (Wildman–Crippen LogP) is 2.85. The molecule has 218 valence electrons. The van der Waals surface area contributed by atoms with Crippen LogP contribution < -0.4 is 19.5 Å². The minimum absolute atomic E-state index is 0.136. The molecule has 3 amide bonds. The molecule has 0 bridgehead atoms. The van der Waals surface area contributed by atoms with E-state index in [1.807, 2.05) is 6.92 Å². The van der Waals surface area contributed by atoms with E-state index in [9.17, 15) is 19.8 Å². The van der Waals surface area contributed by atoms with Gasteiger partial charge in [-0.2, -0.15) is 0 Å². The summed E-state index contributed by atoms with van der Waals surface area (Å²) in [6.07, 6.45) is 4.12. The Morgan fingerprint density at radius 2 is 2.02 bits per heavy atom. The number of hydrogen-bond acceptors (Lipinski definition) is 8. The molecule has 1 saturated carbocycles. The maximum Gasteiger partial charge on any atom is 0.321 e. The Bertz CT molecular complexity index is 1360. The summed E-state index contributed by atoms with van der Waals surface area (Å²) in [5, 5.41) is 23.4. The molecule has 11 heteroatoms. The van der Waals surface area contributed by atoms with Crippen molar-refractivity contribution in [3.8, 4) is 29.2 Å². The van der Waals surface area contributed by atoms with Crippen molar-refractivity contribution in [2.45, 2.75) is 57.3 Å². The highest BCUT2D eigenvalue weighted by Crippen LogP contribution is 2.34. The van der Waals surface area contributed by atoms with Gasteiger partial charge in [-0.15, -0.1) is 0 Å². The standard InChI is InChI=1S/C30H36N4O7/c1-19-15-34(20(2)17-35)28(36)23-12-21(8-11-30(38)9-4-5-10-30)14-31-27(23)41-26(19)16-33(3)29(37)32-22-6-7-24-25(13-22)40-18-39-24/h6-7,12-14,19-20,26,35,38H,4-5,9-10,15-18H2,1-3H3,(H,32,37)/t19-,20-,26-/m0/s1. The number of likely N-dealkylation sites (N-methyl/N-ethyl adjacent to an activating group) is 1. The molecular formula is C30H36N4O7. The van der Waals surface area contributed by atoms with Crippen molar-refractivity contribution in [2.24, 2.45) is 5.92 Å². The van der Waals surface area contributed by atoms with Crippen LogP contribution in [0.25, 0.3) is 0 Å². The Labute approximate surface area is 239 Å². The number of hydrogen-bond donors (Lipinski definition) is 3. The summed E-state index contributed by atoms with van der Waals surface area (Å²) >= 11 is 0. The zero-order valence-corrected chi connectivity index (χ0v) is 23.6. The second-order valence-corrected chi connectivity index (χ2v) is 11.1. The summed E-state index contributed by atoms with van der Waals surface area (Å²) in [5.74, 6) is 6.74. The number of carbonyl (C=O) groups excluding carboxylic acids is 2. The number of benzene rings is 1. The first-order chi connectivity index (χ1) is 19.7. The number of carbonyl (C=O) groups is 2. The van der Waals surface area contributed by atoms with Gasteiger partial charge in [0.25, 0.3) is 5.91 Å². The Balaban J connectivity index is 1.37. The minimum Gasteiger partial charge on any atom is -0.472 e. The SMILES string of the molecule is C[C@H]1CN([C@@H](C)CO)C(=O)c2cc(C#CC3(O)CCCC3)cnc2O[C@H]1CN(C)C(=O)Nc1ccc2c(c1)OCO2. The smallest absolute Gasteiger partial charge is 0.321 e. The van der Waals surface area contributed by atoms with Gasteiger partial charge in [-0.3, -0.25) is 4.79 Å². The molecule has 3 aliphatic rings. The molecule has 1 aliphatic carbocycles. The van der Waals surface area contributed by atoms with Crippen molar-refractivity contribution < 1.29 is 34.0 Å². The van der Waals surface area contributed by atoms with E-state index < -0.39 is 17.7 Å². The molecule has 3 N–H and O–H groups in total. The third kappa shape index (κ3) is 6.34. The normalized spacial score (nSPS) is 21.5. The van der Waals surface area contributed by atoms with E-state index in [2.05, 4.69) is 22.1 Å². The molecule has 11 nitrogen and oxygen atoms in total. The first-order valence-corrected chi connectivity index (χ1v) is 13.9. The zero-order valence-electron chi connectivity index (χ0n) is 23.6. The number of ether oxygens (including phenoxy) is 3. The number of aromatic nitrogens is 1. The van der Waals surface area contributed by atoms with Gasteiger partial charge < -0.3 is 39.5 Å². The van der Waals surface area contributed by atoms with E-state index in [1.54, 1.807) is 43.1 Å². The van der Waals surface area contributed by atoms with Gasteiger partial charge in [-0.1, -0.05) is 18.8 Å². The predicted molar refractivity (Wildman–Crippen MR) is 150 cm³/mol. The van der Waals surface area contributed by atoms with Crippen molar-refractivity contribution in [1.29, 1.82) is 0 Å². The van der Waals surface area contributed by atoms with Gasteiger partial charge in [-0.05, 0) is 50.8 Å². The lowest BCUT2D eigenvalue weighted by Crippen LogP contribution is -2.50. The second kappa shape index (κ2) is 11.8. The van der Waals surface area contributed by atoms with E-state index in [1.165, 1.54) is 11.1 Å². The molecule has 5 rings (SSSR count). The fourth-order valence-corrected chi connectivity index (χ4v) is 5.21. The molecule has 1 aromatic heterocycles. The molecule has 0 unspecified atom stereocenters. The van der Waals surface area contributed by atoms with E-state index in [-0.39, 0.29) is 49.2 Å². The summed E-state index contributed by atoms with van der Waals surface area (Å²) in [5.41, 5.74) is 0.256. The number of fused-ring (bicyclic) bond motifs is 2. The molecule has 0 spiro atoms. The average Bonchev–Trinajstić information content (AvgIpc) is 3.62. The Morgan fingerprint density at radius 3 is 2.78 bits per heavy atom. The fraction of sp³-hybridized carbons (Fsp3) is 0.500.